The van der Waals surface area contributed by atoms with Crippen molar-refractivity contribution in [1.29, 1.82) is 0 Å². The lowest BCUT2D eigenvalue weighted by atomic mass is 10.1. The van der Waals surface area contributed by atoms with Crippen molar-refractivity contribution >= 4 is 27.3 Å². The number of hydrogen-bond donors (Lipinski definition) is 1. The number of carbonyl (C=O) groups is 1. The number of amides is 1. The van der Waals surface area contributed by atoms with Crippen molar-refractivity contribution in [2.75, 3.05) is 29.0 Å². The molecule has 0 aliphatic carbocycles. The van der Waals surface area contributed by atoms with Gasteiger partial charge in [-0.25, -0.2) is 8.42 Å². The highest BCUT2D eigenvalue weighted by atomic mass is 32.2. The molecule has 0 atom stereocenters. The number of methoxy groups -OCH3 is 1. The van der Waals surface area contributed by atoms with Gasteiger partial charge in [-0.2, -0.15) is 0 Å². The first kappa shape index (κ1) is 18.3. The van der Waals surface area contributed by atoms with Crippen molar-refractivity contribution in [3.63, 3.8) is 0 Å². The molecule has 26 heavy (non-hydrogen) atoms. The molecule has 0 spiro atoms. The van der Waals surface area contributed by atoms with Crippen molar-refractivity contribution < 1.29 is 17.9 Å². The molecule has 6 nitrogen and oxygen atoms in total. The second-order valence-electron chi connectivity index (χ2n) is 6.28. The number of aryl methyl sites for hydroxylation is 1. The number of rotatable bonds is 4. The van der Waals surface area contributed by atoms with Crippen molar-refractivity contribution in [2.45, 2.75) is 19.8 Å². The molecule has 0 unspecified atom stereocenters. The summed E-state index contributed by atoms with van der Waals surface area (Å²) in [4.78, 5) is 12.4. The first-order valence-corrected chi connectivity index (χ1v) is 10.1. The molecular weight excluding hydrogens is 352 g/mol. The van der Waals surface area contributed by atoms with Crippen LogP contribution in [0.1, 0.15) is 28.8 Å². The Morgan fingerprint density at radius 1 is 1.12 bits per heavy atom. The zero-order valence-electron chi connectivity index (χ0n) is 14.9. The Morgan fingerprint density at radius 2 is 1.85 bits per heavy atom. The number of carbonyl (C=O) groups excluding carboxylic acids is 1. The summed E-state index contributed by atoms with van der Waals surface area (Å²) in [6, 6.07) is 12.1. The molecule has 3 rings (SSSR count). The molecule has 2 aromatic carbocycles. The molecule has 0 aromatic heterocycles. The second-order valence-corrected chi connectivity index (χ2v) is 8.29. The Morgan fingerprint density at radius 3 is 2.50 bits per heavy atom. The maximum atomic E-state index is 12.4. The van der Waals surface area contributed by atoms with E-state index in [9.17, 15) is 13.2 Å². The first-order chi connectivity index (χ1) is 12.4. The summed E-state index contributed by atoms with van der Waals surface area (Å²) >= 11 is 0. The SMILES string of the molecule is COc1ccc(C(=O)Nc2ccc(C)c(N3CCCCS3(=O)=O)c2)cc1. The van der Waals surface area contributed by atoms with Crippen LogP contribution in [-0.4, -0.2) is 33.7 Å². The van der Waals surface area contributed by atoms with Crippen LogP contribution in [0.15, 0.2) is 42.5 Å². The van der Waals surface area contributed by atoms with Crippen LogP contribution >= 0.6 is 0 Å². The number of nitrogens with zero attached hydrogens (tertiary/aromatic N) is 1. The highest BCUT2D eigenvalue weighted by Crippen LogP contribution is 2.29. The van der Waals surface area contributed by atoms with Gasteiger partial charge in [0.2, 0.25) is 10.0 Å². The van der Waals surface area contributed by atoms with Crippen LogP contribution in [0, 0.1) is 6.92 Å². The second kappa shape index (κ2) is 7.37. The number of anilines is 2. The van der Waals surface area contributed by atoms with Crippen molar-refractivity contribution in [3.05, 3.63) is 53.6 Å². The number of hydrogen-bond acceptors (Lipinski definition) is 4. The maximum absolute atomic E-state index is 12.4. The Hall–Kier alpha value is -2.54. The van der Waals surface area contributed by atoms with Gasteiger partial charge in [-0.05, 0) is 61.7 Å². The lowest BCUT2D eigenvalue weighted by Crippen LogP contribution is -2.38. The van der Waals surface area contributed by atoms with Gasteiger partial charge in [-0.1, -0.05) is 6.07 Å². The van der Waals surface area contributed by atoms with Crippen LogP contribution < -0.4 is 14.4 Å². The van der Waals surface area contributed by atoms with E-state index < -0.39 is 10.0 Å². The van der Waals surface area contributed by atoms with Gasteiger partial charge < -0.3 is 10.1 Å². The molecule has 1 saturated heterocycles. The Bertz CT molecular complexity index is 908. The summed E-state index contributed by atoms with van der Waals surface area (Å²) in [7, 11) is -1.73. The molecule has 1 fully saturated rings. The van der Waals surface area contributed by atoms with E-state index in [4.69, 9.17) is 4.74 Å². The van der Waals surface area contributed by atoms with Gasteiger partial charge in [0.25, 0.3) is 5.91 Å². The predicted molar refractivity (Wildman–Crippen MR) is 102 cm³/mol. The maximum Gasteiger partial charge on any atom is 0.255 e. The minimum atomic E-state index is -3.30. The molecule has 1 N–H and O–H groups in total. The van der Waals surface area contributed by atoms with E-state index in [1.54, 1.807) is 43.5 Å². The number of nitrogens with one attached hydrogen (secondary N) is 1. The summed E-state index contributed by atoms with van der Waals surface area (Å²) in [5.74, 6) is 0.577. The molecule has 2 aromatic rings. The minimum Gasteiger partial charge on any atom is -0.497 e. The van der Waals surface area contributed by atoms with Crippen LogP contribution in [0.3, 0.4) is 0 Å². The zero-order chi connectivity index (χ0) is 18.7. The van der Waals surface area contributed by atoms with E-state index in [1.807, 2.05) is 13.0 Å². The molecule has 0 bridgehead atoms. The first-order valence-electron chi connectivity index (χ1n) is 8.47. The summed E-state index contributed by atoms with van der Waals surface area (Å²) in [6.45, 7) is 2.34. The molecule has 1 aliphatic rings. The third-order valence-corrected chi connectivity index (χ3v) is 6.29. The quantitative estimate of drug-likeness (QED) is 0.892. The summed E-state index contributed by atoms with van der Waals surface area (Å²) in [6.07, 6.45) is 1.52. The zero-order valence-corrected chi connectivity index (χ0v) is 15.7. The summed E-state index contributed by atoms with van der Waals surface area (Å²) in [5, 5.41) is 2.83. The third-order valence-electron chi connectivity index (χ3n) is 4.44. The molecule has 7 heteroatoms. The van der Waals surface area contributed by atoms with E-state index in [0.717, 1.165) is 12.0 Å². The normalized spacial score (nSPS) is 16.2. The Labute approximate surface area is 153 Å². The Balaban J connectivity index is 1.84. The van der Waals surface area contributed by atoms with Crippen LogP contribution in [0.4, 0.5) is 11.4 Å². The summed E-state index contributed by atoms with van der Waals surface area (Å²) in [5.41, 5.74) is 2.54. The van der Waals surface area contributed by atoms with Gasteiger partial charge in [0.1, 0.15) is 5.75 Å². The van der Waals surface area contributed by atoms with Crippen molar-refractivity contribution in [3.8, 4) is 5.75 Å². The molecule has 0 saturated carbocycles. The molecule has 1 aliphatic heterocycles. The number of sulfonamides is 1. The third kappa shape index (κ3) is 3.83. The van der Waals surface area contributed by atoms with Gasteiger partial charge in [0, 0.05) is 17.8 Å². The molecule has 1 amide bonds. The van der Waals surface area contributed by atoms with Crippen LogP contribution in [0.2, 0.25) is 0 Å². The molecule has 1 heterocycles. The van der Waals surface area contributed by atoms with E-state index in [-0.39, 0.29) is 11.7 Å². The molecular formula is C19H22N2O4S. The van der Waals surface area contributed by atoms with E-state index in [1.165, 1.54) is 4.31 Å². The van der Waals surface area contributed by atoms with E-state index >= 15 is 0 Å². The van der Waals surface area contributed by atoms with Gasteiger partial charge in [0.05, 0.1) is 18.6 Å². The minimum absolute atomic E-state index is 0.162. The van der Waals surface area contributed by atoms with Crippen LogP contribution in [0.5, 0.6) is 5.75 Å². The predicted octanol–water partition coefficient (Wildman–Crippen LogP) is 3.19. The highest BCUT2D eigenvalue weighted by Gasteiger charge is 2.27. The smallest absolute Gasteiger partial charge is 0.255 e. The van der Waals surface area contributed by atoms with Crippen LogP contribution in [-0.2, 0) is 10.0 Å². The summed E-state index contributed by atoms with van der Waals surface area (Å²) < 4.78 is 31.3. The van der Waals surface area contributed by atoms with E-state index in [0.29, 0.717) is 35.7 Å². The van der Waals surface area contributed by atoms with E-state index in [2.05, 4.69) is 5.32 Å². The van der Waals surface area contributed by atoms with Gasteiger partial charge in [-0.3, -0.25) is 9.10 Å². The van der Waals surface area contributed by atoms with Gasteiger partial charge in [0.15, 0.2) is 0 Å². The molecule has 0 radical (unpaired) electrons. The fourth-order valence-electron chi connectivity index (χ4n) is 2.96. The average molecular weight is 374 g/mol. The highest BCUT2D eigenvalue weighted by molar-refractivity contribution is 7.92. The lowest BCUT2D eigenvalue weighted by molar-refractivity contribution is 0.102. The fourth-order valence-corrected chi connectivity index (χ4v) is 4.65. The number of ether oxygens (including phenoxy) is 1. The lowest BCUT2D eigenvalue weighted by Gasteiger charge is -2.29. The Kier molecular flexibility index (Phi) is 5.18. The topological polar surface area (TPSA) is 75.7 Å². The van der Waals surface area contributed by atoms with Crippen molar-refractivity contribution in [1.82, 2.24) is 0 Å². The standard InChI is InChI=1S/C19H22N2O4S/c1-14-5-8-16(13-18(14)21-11-3-4-12-26(21,23)24)20-19(22)15-6-9-17(25-2)10-7-15/h5-10,13H,3-4,11-12H2,1-2H3,(H,20,22). The fraction of sp³-hybridized carbons (Fsp3) is 0.316. The van der Waals surface area contributed by atoms with Crippen LogP contribution in [0.25, 0.3) is 0 Å². The average Bonchev–Trinajstić information content (AvgIpc) is 2.63. The van der Waals surface area contributed by atoms with Gasteiger partial charge in [-0.15, -0.1) is 0 Å². The molecule has 138 valence electrons. The van der Waals surface area contributed by atoms with Crippen molar-refractivity contribution in [2.24, 2.45) is 0 Å². The number of benzene rings is 2. The largest absolute Gasteiger partial charge is 0.497 e. The monoisotopic (exact) mass is 374 g/mol. The van der Waals surface area contributed by atoms with Gasteiger partial charge >= 0.3 is 0 Å².